The van der Waals surface area contributed by atoms with Gasteiger partial charge in [-0.25, -0.2) is 0 Å². The fraction of sp³-hybridized carbons (Fsp3) is 0.333. The summed E-state index contributed by atoms with van der Waals surface area (Å²) in [6, 6.07) is 22.9. The lowest BCUT2D eigenvalue weighted by Crippen LogP contribution is -2.10. The molecule has 2 heterocycles. The van der Waals surface area contributed by atoms with Crippen molar-refractivity contribution < 1.29 is 19.1 Å². The Bertz CT molecular complexity index is 1380. The topological polar surface area (TPSA) is 104 Å². The van der Waals surface area contributed by atoms with E-state index in [-0.39, 0.29) is 24.4 Å². The van der Waals surface area contributed by atoms with Crippen molar-refractivity contribution in [2.45, 2.75) is 56.8 Å². The number of methoxy groups -OCH3 is 2. The van der Waals surface area contributed by atoms with Crippen LogP contribution in [0.15, 0.2) is 72.8 Å². The highest BCUT2D eigenvalue weighted by Gasteiger charge is 2.29. The van der Waals surface area contributed by atoms with E-state index in [9.17, 15) is 9.59 Å². The molecule has 0 N–H and O–H groups in total. The lowest BCUT2D eigenvalue weighted by atomic mass is 9.98. The van der Waals surface area contributed by atoms with Gasteiger partial charge >= 0.3 is 0 Å². The van der Waals surface area contributed by atoms with Gasteiger partial charge in [-0.2, -0.15) is 20.4 Å². The Labute approximate surface area is 240 Å². The number of benzene rings is 2. The smallest absolute Gasteiger partial charge is 0.143 e. The van der Waals surface area contributed by atoms with Crippen LogP contribution in [-0.2, 0) is 35.3 Å². The van der Waals surface area contributed by atoms with Crippen molar-refractivity contribution in [2.75, 3.05) is 14.2 Å². The van der Waals surface area contributed by atoms with Gasteiger partial charge in [0.1, 0.15) is 23.1 Å². The van der Waals surface area contributed by atoms with Gasteiger partial charge in [0.25, 0.3) is 0 Å². The van der Waals surface area contributed by atoms with E-state index in [0.29, 0.717) is 36.1 Å². The average molecular weight is 551 g/mol. The summed E-state index contributed by atoms with van der Waals surface area (Å²) in [5.74, 6) is 2.24. The van der Waals surface area contributed by atoms with Gasteiger partial charge in [-0.05, 0) is 78.9 Å². The number of carbonyl (C=O) groups is 2. The molecule has 4 aromatic rings. The summed E-state index contributed by atoms with van der Waals surface area (Å²) in [6.45, 7) is 0. The largest absolute Gasteiger partial charge is 0.497 e. The number of ketones is 2. The number of ether oxygens (including phenoxy) is 2. The van der Waals surface area contributed by atoms with Crippen molar-refractivity contribution in [3.63, 3.8) is 0 Å². The highest BCUT2D eigenvalue weighted by Crippen LogP contribution is 2.42. The van der Waals surface area contributed by atoms with E-state index in [1.165, 1.54) is 0 Å². The van der Waals surface area contributed by atoms with E-state index in [0.717, 1.165) is 53.3 Å². The minimum absolute atomic E-state index is 0.0882. The molecule has 8 nitrogen and oxygen atoms in total. The molecule has 0 aliphatic heterocycles. The Morgan fingerprint density at radius 1 is 0.634 bits per heavy atom. The van der Waals surface area contributed by atoms with E-state index >= 15 is 0 Å². The number of nitrogens with zero attached hydrogens (tertiary/aromatic N) is 4. The van der Waals surface area contributed by atoms with Crippen molar-refractivity contribution in [1.82, 2.24) is 20.4 Å². The van der Waals surface area contributed by atoms with Gasteiger partial charge in [0, 0.05) is 24.7 Å². The molecule has 0 saturated heterocycles. The molecule has 5 rings (SSSR count). The zero-order valence-electron chi connectivity index (χ0n) is 23.5. The number of rotatable bonds is 12. The molecule has 0 radical (unpaired) electrons. The van der Waals surface area contributed by atoms with E-state index in [1.54, 1.807) is 14.2 Å². The van der Waals surface area contributed by atoms with E-state index in [4.69, 9.17) is 9.47 Å². The molecule has 1 aliphatic rings. The standard InChI is InChI=1S/C33H34N4O4/c1-40-30-7-3-5-22(17-30)15-28(38)20-26-11-13-32(36-34-26)24-9-10-25(19-24)33-14-12-27(35-37-33)21-29(39)16-23-6-4-8-31(18-23)41-2/h3-8,11-14,17-18,24-25H,9-10,15-16,19-21H2,1-2H3. The quantitative estimate of drug-likeness (QED) is 0.242. The van der Waals surface area contributed by atoms with E-state index in [1.807, 2.05) is 72.8 Å². The first-order valence-corrected chi connectivity index (χ1v) is 13.9. The summed E-state index contributed by atoms with van der Waals surface area (Å²) in [5.41, 5.74) is 5.10. The van der Waals surface area contributed by atoms with Crippen LogP contribution in [-0.4, -0.2) is 46.2 Å². The zero-order chi connectivity index (χ0) is 28.6. The van der Waals surface area contributed by atoms with Crippen LogP contribution in [0.2, 0.25) is 0 Å². The predicted molar refractivity (Wildman–Crippen MR) is 154 cm³/mol. The Morgan fingerprint density at radius 2 is 1.10 bits per heavy atom. The zero-order valence-corrected chi connectivity index (χ0v) is 23.5. The third-order valence-corrected chi connectivity index (χ3v) is 7.58. The first-order chi connectivity index (χ1) is 20.0. The second kappa shape index (κ2) is 13.3. The molecule has 2 aromatic heterocycles. The molecular weight excluding hydrogens is 516 g/mol. The van der Waals surface area contributed by atoms with Gasteiger partial charge in [-0.3, -0.25) is 9.59 Å². The highest BCUT2D eigenvalue weighted by molar-refractivity contribution is 5.83. The minimum atomic E-state index is 0.0882. The van der Waals surface area contributed by atoms with E-state index < -0.39 is 0 Å². The number of hydrogen-bond donors (Lipinski definition) is 0. The molecule has 2 atom stereocenters. The molecule has 2 aromatic carbocycles. The molecule has 0 amide bonds. The van der Waals surface area contributed by atoms with Gasteiger partial charge < -0.3 is 9.47 Å². The fourth-order valence-corrected chi connectivity index (χ4v) is 5.43. The maximum absolute atomic E-state index is 12.6. The molecular formula is C33H34N4O4. The lowest BCUT2D eigenvalue weighted by molar-refractivity contribution is -0.118. The maximum Gasteiger partial charge on any atom is 0.143 e. The summed E-state index contributed by atoms with van der Waals surface area (Å²) in [7, 11) is 3.23. The lowest BCUT2D eigenvalue weighted by Gasteiger charge is -2.11. The molecule has 1 fully saturated rings. The Morgan fingerprint density at radius 3 is 1.49 bits per heavy atom. The Balaban J connectivity index is 1.11. The van der Waals surface area contributed by atoms with Crippen LogP contribution < -0.4 is 9.47 Å². The first kappa shape index (κ1) is 28.1. The van der Waals surface area contributed by atoms with Crippen molar-refractivity contribution in [3.05, 3.63) is 107 Å². The molecule has 0 spiro atoms. The first-order valence-electron chi connectivity index (χ1n) is 13.9. The van der Waals surface area contributed by atoms with Gasteiger partial charge in [0.05, 0.1) is 49.8 Å². The SMILES string of the molecule is COc1cccc(CC(=O)Cc2ccc(C3CCC(c4ccc(CC(=O)Cc5cccc(OC)c5)nn4)C3)nn2)c1. The number of hydrogen-bond acceptors (Lipinski definition) is 8. The highest BCUT2D eigenvalue weighted by atomic mass is 16.5. The monoisotopic (exact) mass is 550 g/mol. The Hall–Kier alpha value is -4.46. The van der Waals surface area contributed by atoms with Crippen molar-refractivity contribution >= 4 is 11.6 Å². The third kappa shape index (κ3) is 7.60. The summed E-state index contributed by atoms with van der Waals surface area (Å²) in [4.78, 5) is 25.1. The van der Waals surface area contributed by atoms with Gasteiger partial charge in [-0.15, -0.1) is 0 Å². The summed E-state index contributed by atoms with van der Waals surface area (Å²) in [5, 5.41) is 17.6. The second-order valence-corrected chi connectivity index (χ2v) is 10.6. The molecule has 1 aliphatic carbocycles. The van der Waals surface area contributed by atoms with Crippen LogP contribution in [0.1, 0.15) is 65.0 Å². The van der Waals surface area contributed by atoms with Gasteiger partial charge in [-0.1, -0.05) is 24.3 Å². The van der Waals surface area contributed by atoms with Crippen LogP contribution in [0.5, 0.6) is 11.5 Å². The van der Waals surface area contributed by atoms with Crippen LogP contribution in [0.4, 0.5) is 0 Å². The van der Waals surface area contributed by atoms with Crippen LogP contribution in [0.3, 0.4) is 0 Å². The third-order valence-electron chi connectivity index (χ3n) is 7.58. The van der Waals surface area contributed by atoms with Gasteiger partial charge in [0.15, 0.2) is 0 Å². The number of aromatic nitrogens is 4. The molecule has 2 unspecified atom stereocenters. The van der Waals surface area contributed by atoms with Crippen LogP contribution in [0, 0.1) is 0 Å². The normalized spacial score (nSPS) is 16.3. The molecule has 1 saturated carbocycles. The van der Waals surface area contributed by atoms with Crippen LogP contribution in [0.25, 0.3) is 0 Å². The number of carbonyl (C=O) groups excluding carboxylic acids is 2. The van der Waals surface area contributed by atoms with Crippen molar-refractivity contribution in [3.8, 4) is 11.5 Å². The number of Topliss-reactive ketones (excluding diaryl/α,β-unsaturated/α-hetero) is 2. The van der Waals surface area contributed by atoms with Crippen molar-refractivity contribution in [2.24, 2.45) is 0 Å². The summed E-state index contributed by atoms with van der Waals surface area (Å²) >= 11 is 0. The molecule has 210 valence electrons. The Kier molecular flexibility index (Phi) is 9.08. The molecule has 0 bridgehead atoms. The van der Waals surface area contributed by atoms with Crippen molar-refractivity contribution in [1.29, 1.82) is 0 Å². The molecule has 41 heavy (non-hydrogen) atoms. The second-order valence-electron chi connectivity index (χ2n) is 10.6. The maximum atomic E-state index is 12.6. The fourth-order valence-electron chi connectivity index (χ4n) is 5.43. The molecule has 8 heteroatoms. The average Bonchev–Trinajstić information content (AvgIpc) is 3.48. The van der Waals surface area contributed by atoms with E-state index in [2.05, 4.69) is 20.4 Å². The summed E-state index contributed by atoms with van der Waals surface area (Å²) < 4.78 is 10.5. The minimum Gasteiger partial charge on any atom is -0.497 e. The van der Waals surface area contributed by atoms with Gasteiger partial charge in [0.2, 0.25) is 0 Å². The predicted octanol–water partition coefficient (Wildman–Crippen LogP) is 5.04. The summed E-state index contributed by atoms with van der Waals surface area (Å²) in [6.07, 6.45) is 4.09. The van der Waals surface area contributed by atoms with Crippen LogP contribution >= 0.6 is 0 Å².